The molecular formula is C16H14Cl2FN3. The maximum Gasteiger partial charge on any atom is 0.189 e. The van der Waals surface area contributed by atoms with Crippen molar-refractivity contribution in [3.05, 3.63) is 69.5 Å². The highest BCUT2D eigenvalue weighted by molar-refractivity contribution is 6.31. The van der Waals surface area contributed by atoms with Gasteiger partial charge in [0.05, 0.1) is 12.1 Å². The van der Waals surface area contributed by atoms with Gasteiger partial charge in [-0.3, -0.25) is 0 Å². The molecule has 2 unspecified atom stereocenters. The third-order valence-corrected chi connectivity index (χ3v) is 4.22. The van der Waals surface area contributed by atoms with E-state index in [-0.39, 0.29) is 23.9 Å². The lowest BCUT2D eigenvalue weighted by Crippen LogP contribution is -2.40. The molecule has 0 saturated carbocycles. The Morgan fingerprint density at radius 3 is 2.68 bits per heavy atom. The molecule has 0 aromatic heterocycles. The average Bonchev–Trinajstić information content (AvgIpc) is 2.46. The van der Waals surface area contributed by atoms with E-state index in [1.54, 1.807) is 18.2 Å². The number of hydrogen-bond acceptors (Lipinski definition) is 3. The Morgan fingerprint density at radius 2 is 1.95 bits per heavy atom. The van der Waals surface area contributed by atoms with E-state index in [0.717, 1.165) is 5.56 Å². The summed E-state index contributed by atoms with van der Waals surface area (Å²) < 4.78 is 14.1. The van der Waals surface area contributed by atoms with Crippen LogP contribution in [0, 0.1) is 5.82 Å². The number of benzene rings is 2. The second-order valence-electron chi connectivity index (χ2n) is 5.15. The third-order valence-electron chi connectivity index (χ3n) is 3.66. The van der Waals surface area contributed by atoms with Crippen LogP contribution in [0.5, 0.6) is 0 Å². The lowest BCUT2D eigenvalue weighted by molar-refractivity contribution is 0.466. The topological polar surface area (TPSA) is 50.4 Å². The molecule has 0 bridgehead atoms. The maximum atomic E-state index is 14.1. The molecule has 0 spiro atoms. The minimum Gasteiger partial charge on any atom is -0.370 e. The number of aliphatic imine (C=N–C) groups is 1. The Hall–Kier alpha value is -1.78. The summed E-state index contributed by atoms with van der Waals surface area (Å²) in [6, 6.07) is 11.5. The van der Waals surface area contributed by atoms with E-state index in [1.807, 2.05) is 18.2 Å². The van der Waals surface area contributed by atoms with Gasteiger partial charge in [-0.15, -0.1) is 0 Å². The van der Waals surface area contributed by atoms with Crippen LogP contribution in [-0.2, 0) is 0 Å². The molecule has 114 valence electrons. The van der Waals surface area contributed by atoms with E-state index in [2.05, 4.69) is 10.3 Å². The predicted molar refractivity (Wildman–Crippen MR) is 87.7 cm³/mol. The molecule has 22 heavy (non-hydrogen) atoms. The molecule has 6 heteroatoms. The van der Waals surface area contributed by atoms with Crippen LogP contribution in [0.3, 0.4) is 0 Å². The SMILES string of the molecule is NC1=NC(c2cccc(Cl)c2)CC(c2c(F)cccc2Cl)N1. The molecular weight excluding hydrogens is 324 g/mol. The summed E-state index contributed by atoms with van der Waals surface area (Å²) in [4.78, 5) is 4.39. The number of nitrogens with one attached hydrogen (secondary N) is 1. The smallest absolute Gasteiger partial charge is 0.189 e. The van der Waals surface area contributed by atoms with Gasteiger partial charge in [0.15, 0.2) is 5.96 Å². The molecule has 1 heterocycles. The third kappa shape index (κ3) is 3.03. The van der Waals surface area contributed by atoms with Gasteiger partial charge in [0, 0.05) is 15.6 Å². The second-order valence-corrected chi connectivity index (χ2v) is 6.00. The van der Waals surface area contributed by atoms with Crippen molar-refractivity contribution in [3.8, 4) is 0 Å². The number of guanidine groups is 1. The number of rotatable bonds is 2. The lowest BCUT2D eigenvalue weighted by Gasteiger charge is -2.29. The van der Waals surface area contributed by atoms with Gasteiger partial charge < -0.3 is 11.1 Å². The van der Waals surface area contributed by atoms with E-state index >= 15 is 0 Å². The van der Waals surface area contributed by atoms with Gasteiger partial charge in [0.25, 0.3) is 0 Å². The van der Waals surface area contributed by atoms with Crippen molar-refractivity contribution < 1.29 is 4.39 Å². The predicted octanol–water partition coefficient (Wildman–Crippen LogP) is 4.22. The van der Waals surface area contributed by atoms with Crippen molar-refractivity contribution >= 4 is 29.2 Å². The number of nitrogens with zero attached hydrogens (tertiary/aromatic N) is 1. The zero-order valence-electron chi connectivity index (χ0n) is 11.6. The van der Waals surface area contributed by atoms with Crippen LogP contribution >= 0.6 is 23.2 Å². The molecule has 0 saturated heterocycles. The standard InChI is InChI=1S/C16H14Cl2FN3/c17-10-4-1-3-9(7-10)13-8-14(22-16(20)21-13)15-11(18)5-2-6-12(15)19/h1-7,13-14H,8H2,(H3,20,21,22). The Balaban J connectivity index is 1.96. The first-order valence-corrected chi connectivity index (χ1v) is 7.59. The Bertz CT molecular complexity index is 713. The Kier molecular flexibility index (Phi) is 4.23. The van der Waals surface area contributed by atoms with Crippen LogP contribution in [0.4, 0.5) is 4.39 Å². The summed E-state index contributed by atoms with van der Waals surface area (Å²) in [7, 11) is 0. The van der Waals surface area contributed by atoms with Gasteiger partial charge >= 0.3 is 0 Å². The first-order chi connectivity index (χ1) is 10.5. The van der Waals surface area contributed by atoms with Gasteiger partial charge in [-0.1, -0.05) is 41.4 Å². The molecule has 3 rings (SSSR count). The molecule has 2 aromatic carbocycles. The fourth-order valence-corrected chi connectivity index (χ4v) is 3.17. The second kappa shape index (κ2) is 6.15. The summed E-state index contributed by atoms with van der Waals surface area (Å²) in [5.74, 6) is -0.0925. The van der Waals surface area contributed by atoms with E-state index in [4.69, 9.17) is 28.9 Å². The molecule has 2 atom stereocenters. The molecule has 1 aliphatic heterocycles. The van der Waals surface area contributed by atoms with Crippen molar-refractivity contribution in [2.45, 2.75) is 18.5 Å². The zero-order chi connectivity index (χ0) is 15.7. The van der Waals surface area contributed by atoms with Crippen LogP contribution in [0.1, 0.15) is 29.6 Å². The highest BCUT2D eigenvalue weighted by Crippen LogP contribution is 2.36. The van der Waals surface area contributed by atoms with Crippen molar-refractivity contribution in [2.24, 2.45) is 10.7 Å². The molecule has 3 nitrogen and oxygen atoms in total. The quantitative estimate of drug-likeness (QED) is 0.861. The van der Waals surface area contributed by atoms with E-state index in [1.165, 1.54) is 6.07 Å². The zero-order valence-corrected chi connectivity index (χ0v) is 13.1. The molecule has 0 aliphatic carbocycles. The molecule has 0 fully saturated rings. The van der Waals surface area contributed by atoms with Crippen LogP contribution in [0.15, 0.2) is 47.5 Å². The number of hydrogen-bond donors (Lipinski definition) is 2. The first-order valence-electron chi connectivity index (χ1n) is 6.84. The summed E-state index contributed by atoms with van der Waals surface area (Å²) >= 11 is 12.2. The number of nitrogens with two attached hydrogens (primary N) is 1. The van der Waals surface area contributed by atoms with E-state index < -0.39 is 0 Å². The average molecular weight is 338 g/mol. The van der Waals surface area contributed by atoms with Gasteiger partial charge in [-0.05, 0) is 36.2 Å². The van der Waals surface area contributed by atoms with Crippen LogP contribution < -0.4 is 11.1 Å². The first kappa shape index (κ1) is 15.1. The molecule has 0 radical (unpaired) electrons. The molecule has 0 amide bonds. The normalized spacial score (nSPS) is 21.1. The summed E-state index contributed by atoms with van der Waals surface area (Å²) in [5.41, 5.74) is 7.22. The van der Waals surface area contributed by atoms with Gasteiger partial charge in [-0.25, -0.2) is 9.38 Å². The minimum atomic E-state index is -0.357. The summed E-state index contributed by atoms with van der Waals surface area (Å²) in [5, 5.41) is 4.00. The van der Waals surface area contributed by atoms with Crippen molar-refractivity contribution in [2.75, 3.05) is 0 Å². The fourth-order valence-electron chi connectivity index (χ4n) is 2.68. The monoisotopic (exact) mass is 337 g/mol. The molecule has 1 aliphatic rings. The van der Waals surface area contributed by atoms with Crippen LogP contribution in [0.2, 0.25) is 10.0 Å². The molecule has 3 N–H and O–H groups in total. The highest BCUT2D eigenvalue weighted by atomic mass is 35.5. The van der Waals surface area contributed by atoms with Gasteiger partial charge in [0.2, 0.25) is 0 Å². The van der Waals surface area contributed by atoms with Crippen molar-refractivity contribution in [1.82, 2.24) is 5.32 Å². The Morgan fingerprint density at radius 1 is 1.18 bits per heavy atom. The fraction of sp³-hybridized carbons (Fsp3) is 0.188. The highest BCUT2D eigenvalue weighted by Gasteiger charge is 2.28. The summed E-state index contributed by atoms with van der Waals surface area (Å²) in [6.07, 6.45) is 0.543. The number of halogens is 3. The van der Waals surface area contributed by atoms with Crippen molar-refractivity contribution in [3.63, 3.8) is 0 Å². The largest absolute Gasteiger partial charge is 0.370 e. The van der Waals surface area contributed by atoms with E-state index in [0.29, 0.717) is 22.0 Å². The van der Waals surface area contributed by atoms with Crippen LogP contribution in [0.25, 0.3) is 0 Å². The van der Waals surface area contributed by atoms with Gasteiger partial charge in [0.1, 0.15) is 5.82 Å². The molecule has 2 aromatic rings. The van der Waals surface area contributed by atoms with Gasteiger partial charge in [-0.2, -0.15) is 0 Å². The minimum absolute atomic E-state index is 0.194. The summed E-state index contributed by atoms with van der Waals surface area (Å²) in [6.45, 7) is 0. The lowest BCUT2D eigenvalue weighted by atomic mass is 9.93. The van der Waals surface area contributed by atoms with Crippen molar-refractivity contribution in [1.29, 1.82) is 0 Å². The maximum absolute atomic E-state index is 14.1. The van der Waals surface area contributed by atoms with Crippen LogP contribution in [-0.4, -0.2) is 5.96 Å². The van der Waals surface area contributed by atoms with E-state index in [9.17, 15) is 4.39 Å². The Labute approximate surface area is 137 Å².